The third kappa shape index (κ3) is 5.91. The van der Waals surface area contributed by atoms with E-state index in [1.807, 2.05) is 31.2 Å². The van der Waals surface area contributed by atoms with Crippen LogP contribution in [0.3, 0.4) is 0 Å². The summed E-state index contributed by atoms with van der Waals surface area (Å²) in [4.78, 5) is 12.4. The van der Waals surface area contributed by atoms with Crippen molar-refractivity contribution in [3.05, 3.63) is 65.2 Å². The van der Waals surface area contributed by atoms with Gasteiger partial charge in [0.15, 0.2) is 0 Å². The predicted molar refractivity (Wildman–Crippen MR) is 108 cm³/mol. The van der Waals surface area contributed by atoms with E-state index in [4.69, 9.17) is 0 Å². The molecule has 2 rings (SSSR count). The summed E-state index contributed by atoms with van der Waals surface area (Å²) >= 11 is 0. The van der Waals surface area contributed by atoms with E-state index in [-0.39, 0.29) is 16.2 Å². The lowest BCUT2D eigenvalue weighted by Gasteiger charge is -2.19. The number of amides is 1. The molecule has 2 N–H and O–H groups in total. The largest absolute Gasteiger partial charge is 0.351 e. The van der Waals surface area contributed by atoms with Crippen molar-refractivity contribution in [2.24, 2.45) is 0 Å². The number of sulfonamides is 1. The predicted octanol–water partition coefficient (Wildman–Crippen LogP) is 3.28. The van der Waals surface area contributed by atoms with E-state index < -0.39 is 16.1 Å². The highest BCUT2D eigenvalue weighted by atomic mass is 32.2. The van der Waals surface area contributed by atoms with Gasteiger partial charge in [0.25, 0.3) is 0 Å². The standard InChI is InChI=1S/C21H28N2O3S/c1-15-6-8-17(9-7-15)14-22-20(24)16(2)23-27(25,26)19-12-10-18(11-13-19)21(3,4)5/h6-13,16,23H,14H2,1-5H3,(H,22,24)/t16-/m0/s1. The van der Waals surface area contributed by atoms with E-state index in [2.05, 4.69) is 30.8 Å². The number of hydrogen-bond donors (Lipinski definition) is 2. The van der Waals surface area contributed by atoms with Crippen LogP contribution in [0.25, 0.3) is 0 Å². The normalized spacial score (nSPS) is 13.2. The number of rotatable bonds is 6. The molecule has 0 spiro atoms. The van der Waals surface area contributed by atoms with E-state index in [0.29, 0.717) is 6.54 Å². The number of carbonyl (C=O) groups is 1. The second-order valence-electron chi connectivity index (χ2n) is 7.82. The van der Waals surface area contributed by atoms with Crippen molar-refractivity contribution in [2.45, 2.75) is 57.5 Å². The quantitative estimate of drug-likeness (QED) is 0.797. The van der Waals surface area contributed by atoms with Crippen LogP contribution in [0.1, 0.15) is 44.4 Å². The molecule has 0 aliphatic rings. The van der Waals surface area contributed by atoms with Gasteiger partial charge >= 0.3 is 0 Å². The number of aryl methyl sites for hydroxylation is 1. The Bertz CT molecular complexity index is 881. The van der Waals surface area contributed by atoms with E-state index in [9.17, 15) is 13.2 Å². The van der Waals surface area contributed by atoms with Crippen LogP contribution >= 0.6 is 0 Å². The summed E-state index contributed by atoms with van der Waals surface area (Å²) in [6, 6.07) is 13.7. The van der Waals surface area contributed by atoms with Crippen LogP contribution < -0.4 is 10.0 Å². The summed E-state index contributed by atoms with van der Waals surface area (Å²) < 4.78 is 27.5. The average molecular weight is 389 g/mol. The highest BCUT2D eigenvalue weighted by Crippen LogP contribution is 2.23. The highest BCUT2D eigenvalue weighted by Gasteiger charge is 2.22. The zero-order valence-electron chi connectivity index (χ0n) is 16.5. The number of nitrogens with one attached hydrogen (secondary N) is 2. The van der Waals surface area contributed by atoms with Crippen LogP contribution in [-0.2, 0) is 26.8 Å². The lowest BCUT2D eigenvalue weighted by Crippen LogP contribution is -2.44. The Morgan fingerprint density at radius 1 is 1.00 bits per heavy atom. The Kier molecular flexibility index (Phi) is 6.44. The molecule has 0 bridgehead atoms. The smallest absolute Gasteiger partial charge is 0.241 e. The minimum Gasteiger partial charge on any atom is -0.351 e. The van der Waals surface area contributed by atoms with Gasteiger partial charge in [-0.2, -0.15) is 4.72 Å². The van der Waals surface area contributed by atoms with Crippen molar-refractivity contribution in [3.63, 3.8) is 0 Å². The van der Waals surface area contributed by atoms with Crippen molar-refractivity contribution in [3.8, 4) is 0 Å². The van der Waals surface area contributed by atoms with Gasteiger partial charge in [0, 0.05) is 6.54 Å². The van der Waals surface area contributed by atoms with Gasteiger partial charge in [0.1, 0.15) is 0 Å². The van der Waals surface area contributed by atoms with Gasteiger partial charge in [-0.3, -0.25) is 4.79 Å². The summed E-state index contributed by atoms with van der Waals surface area (Å²) in [5, 5.41) is 2.76. The molecule has 5 nitrogen and oxygen atoms in total. The van der Waals surface area contributed by atoms with Crippen molar-refractivity contribution >= 4 is 15.9 Å². The maximum Gasteiger partial charge on any atom is 0.241 e. The molecule has 0 radical (unpaired) electrons. The molecule has 146 valence electrons. The molecule has 0 saturated heterocycles. The van der Waals surface area contributed by atoms with Gasteiger partial charge in [-0.1, -0.05) is 62.7 Å². The fourth-order valence-corrected chi connectivity index (χ4v) is 3.74. The van der Waals surface area contributed by atoms with Gasteiger partial charge in [-0.25, -0.2) is 8.42 Å². The molecule has 6 heteroatoms. The van der Waals surface area contributed by atoms with Crippen LogP contribution in [0.4, 0.5) is 0 Å². The summed E-state index contributed by atoms with van der Waals surface area (Å²) in [6.07, 6.45) is 0. The van der Waals surface area contributed by atoms with Crippen molar-refractivity contribution in [1.82, 2.24) is 10.0 Å². The van der Waals surface area contributed by atoms with E-state index in [0.717, 1.165) is 16.7 Å². The first kappa shape index (κ1) is 21.1. The third-order valence-corrected chi connectivity index (χ3v) is 5.90. The molecular weight excluding hydrogens is 360 g/mol. The van der Waals surface area contributed by atoms with Gasteiger partial charge in [0.05, 0.1) is 10.9 Å². The van der Waals surface area contributed by atoms with Crippen molar-refractivity contribution in [1.29, 1.82) is 0 Å². The molecule has 2 aromatic carbocycles. The van der Waals surface area contributed by atoms with Crippen LogP contribution in [0.5, 0.6) is 0 Å². The molecule has 27 heavy (non-hydrogen) atoms. The Morgan fingerprint density at radius 3 is 2.07 bits per heavy atom. The molecular formula is C21H28N2O3S. The molecule has 0 fully saturated rings. The van der Waals surface area contributed by atoms with Crippen molar-refractivity contribution in [2.75, 3.05) is 0 Å². The van der Waals surface area contributed by atoms with Crippen LogP contribution in [0, 0.1) is 6.92 Å². The van der Waals surface area contributed by atoms with E-state index >= 15 is 0 Å². The van der Waals surface area contributed by atoms with Gasteiger partial charge in [0.2, 0.25) is 15.9 Å². The van der Waals surface area contributed by atoms with Gasteiger partial charge in [-0.05, 0) is 42.5 Å². The molecule has 1 atom stereocenters. The molecule has 0 aromatic heterocycles. The fourth-order valence-electron chi connectivity index (χ4n) is 2.54. The maximum atomic E-state index is 12.5. The van der Waals surface area contributed by atoms with Gasteiger partial charge in [-0.15, -0.1) is 0 Å². The second-order valence-corrected chi connectivity index (χ2v) is 9.53. The second kappa shape index (κ2) is 8.23. The lowest BCUT2D eigenvalue weighted by molar-refractivity contribution is -0.122. The minimum atomic E-state index is -3.77. The summed E-state index contributed by atoms with van der Waals surface area (Å²) in [5.74, 6) is -0.370. The average Bonchev–Trinajstić information content (AvgIpc) is 2.60. The zero-order chi connectivity index (χ0) is 20.2. The summed E-state index contributed by atoms with van der Waals surface area (Å²) in [7, 11) is -3.77. The monoisotopic (exact) mass is 388 g/mol. The first-order valence-corrected chi connectivity index (χ1v) is 10.4. The SMILES string of the molecule is Cc1ccc(CNC(=O)[C@H](C)NS(=O)(=O)c2ccc(C(C)(C)C)cc2)cc1. The first-order chi connectivity index (χ1) is 12.5. The van der Waals surface area contributed by atoms with Crippen molar-refractivity contribution < 1.29 is 13.2 Å². The molecule has 0 unspecified atom stereocenters. The number of carbonyl (C=O) groups excluding carboxylic acids is 1. The molecule has 1 amide bonds. The fraction of sp³-hybridized carbons (Fsp3) is 0.381. The maximum absolute atomic E-state index is 12.5. The number of benzene rings is 2. The molecule has 0 aliphatic heterocycles. The molecule has 2 aromatic rings. The number of hydrogen-bond acceptors (Lipinski definition) is 3. The molecule has 0 heterocycles. The van der Waals surface area contributed by atoms with Gasteiger partial charge < -0.3 is 5.32 Å². The Labute approximate surface area is 162 Å². The molecule has 0 aliphatic carbocycles. The summed E-state index contributed by atoms with van der Waals surface area (Å²) in [5.41, 5.74) is 3.09. The zero-order valence-corrected chi connectivity index (χ0v) is 17.4. The lowest BCUT2D eigenvalue weighted by atomic mass is 9.87. The Hall–Kier alpha value is -2.18. The summed E-state index contributed by atoms with van der Waals surface area (Å²) in [6.45, 7) is 10.1. The first-order valence-electron chi connectivity index (χ1n) is 8.95. The van der Waals surface area contributed by atoms with E-state index in [1.54, 1.807) is 24.3 Å². The highest BCUT2D eigenvalue weighted by molar-refractivity contribution is 7.89. The Balaban J connectivity index is 1.99. The van der Waals surface area contributed by atoms with Crippen LogP contribution in [0.15, 0.2) is 53.4 Å². The third-order valence-electron chi connectivity index (χ3n) is 4.34. The van der Waals surface area contributed by atoms with E-state index in [1.165, 1.54) is 6.92 Å². The Morgan fingerprint density at radius 2 is 1.56 bits per heavy atom. The van der Waals surface area contributed by atoms with Crippen LogP contribution in [-0.4, -0.2) is 20.4 Å². The topological polar surface area (TPSA) is 75.3 Å². The minimum absolute atomic E-state index is 0.0567. The van der Waals surface area contributed by atoms with Crippen LogP contribution in [0.2, 0.25) is 0 Å². The molecule has 0 saturated carbocycles.